The number of alkyl halides is 3. The van der Waals surface area contributed by atoms with Gasteiger partial charge in [0, 0.05) is 11.9 Å². The predicted molar refractivity (Wildman–Crippen MR) is 106 cm³/mol. The molecule has 4 aromatic rings. The first kappa shape index (κ1) is 19.9. The van der Waals surface area contributed by atoms with Gasteiger partial charge in [-0.25, -0.2) is 9.97 Å². The van der Waals surface area contributed by atoms with E-state index in [0.29, 0.717) is 35.8 Å². The van der Waals surface area contributed by atoms with Crippen LogP contribution in [0.4, 0.5) is 19.1 Å². The lowest BCUT2D eigenvalue weighted by Crippen LogP contribution is -2.18. The van der Waals surface area contributed by atoms with Crippen LogP contribution in [0.3, 0.4) is 0 Å². The normalized spacial score (nSPS) is 12.2. The van der Waals surface area contributed by atoms with Crippen molar-refractivity contribution in [2.45, 2.75) is 19.3 Å². The molecule has 2 aromatic carbocycles. The summed E-state index contributed by atoms with van der Waals surface area (Å²) in [5, 5.41) is 5.19. The lowest BCUT2D eigenvalue weighted by Gasteiger charge is -2.15. The Bertz CT molecular complexity index is 1200. The summed E-state index contributed by atoms with van der Waals surface area (Å²) in [6, 6.07) is 10.6. The van der Waals surface area contributed by atoms with Crippen molar-refractivity contribution in [3.63, 3.8) is 0 Å². The van der Waals surface area contributed by atoms with Crippen LogP contribution >= 0.6 is 0 Å². The Labute approximate surface area is 169 Å². The Hall–Kier alpha value is -3.40. The molecule has 2 heterocycles. The van der Waals surface area contributed by atoms with Crippen LogP contribution in [-0.4, -0.2) is 38.6 Å². The molecule has 0 radical (unpaired) electrons. The van der Waals surface area contributed by atoms with Crippen molar-refractivity contribution in [3.8, 4) is 5.75 Å². The number of fused-ring (bicyclic) bond motifs is 3. The molecular weight excluding hydrogens is 397 g/mol. The van der Waals surface area contributed by atoms with Crippen LogP contribution in [0.25, 0.3) is 16.6 Å². The zero-order valence-electron chi connectivity index (χ0n) is 16.3. The van der Waals surface area contributed by atoms with Gasteiger partial charge >= 0.3 is 6.18 Å². The molecule has 10 heteroatoms. The number of nitrogen functional groups attached to an aromatic ring is 1. The van der Waals surface area contributed by atoms with Crippen molar-refractivity contribution in [2.75, 3.05) is 19.9 Å². The van der Waals surface area contributed by atoms with E-state index in [2.05, 4.69) is 15.1 Å². The van der Waals surface area contributed by atoms with Crippen molar-refractivity contribution >= 4 is 22.5 Å². The summed E-state index contributed by atoms with van der Waals surface area (Å²) in [5.41, 5.74) is 7.30. The van der Waals surface area contributed by atoms with Gasteiger partial charge in [-0.05, 0) is 36.9 Å². The van der Waals surface area contributed by atoms with Gasteiger partial charge in [0.15, 0.2) is 11.5 Å². The van der Waals surface area contributed by atoms with E-state index in [-0.39, 0.29) is 5.95 Å². The minimum absolute atomic E-state index is 0.186. The van der Waals surface area contributed by atoms with Crippen LogP contribution in [-0.2, 0) is 19.3 Å². The van der Waals surface area contributed by atoms with Crippen molar-refractivity contribution in [1.29, 1.82) is 0 Å². The van der Waals surface area contributed by atoms with E-state index in [0.717, 1.165) is 23.1 Å². The van der Waals surface area contributed by atoms with Crippen molar-refractivity contribution in [1.82, 2.24) is 24.5 Å². The number of halogens is 3. The lowest BCUT2D eigenvalue weighted by molar-refractivity contribution is -0.137. The molecule has 0 aliphatic heterocycles. The molecule has 2 N–H and O–H groups in total. The number of nitrogens with zero attached hydrogens (tertiary/aromatic N) is 5. The standard InChI is InChI=1S/C20H19F3N6O/c1-28(10-12-6-8-13(9-7-12)20(21,22)23)11-16-25-18-14-4-3-5-15(30-2)17(14)26-19(24)29(18)27-16/h3-9H,10-11H2,1-2H3,(H2,24,26). The SMILES string of the molecule is COc1cccc2c1nc(N)n1nc(CN(C)Cc3ccc(C(F)(F)F)cc3)nc21. The highest BCUT2D eigenvalue weighted by molar-refractivity contribution is 5.95. The predicted octanol–water partition coefficient (Wildman–Crippen LogP) is 3.52. The van der Waals surface area contributed by atoms with Gasteiger partial charge in [-0.15, -0.1) is 5.10 Å². The van der Waals surface area contributed by atoms with Gasteiger partial charge in [0.1, 0.15) is 11.3 Å². The van der Waals surface area contributed by atoms with Gasteiger partial charge in [0.05, 0.1) is 19.2 Å². The van der Waals surface area contributed by atoms with E-state index in [1.54, 1.807) is 13.2 Å². The number of methoxy groups -OCH3 is 1. The molecule has 0 bridgehead atoms. The van der Waals surface area contributed by atoms with E-state index in [1.165, 1.54) is 16.6 Å². The zero-order valence-corrected chi connectivity index (χ0v) is 16.3. The molecule has 0 saturated heterocycles. The summed E-state index contributed by atoms with van der Waals surface area (Å²) in [5.74, 6) is 1.30. The number of hydrogen-bond donors (Lipinski definition) is 1. The molecule has 0 fully saturated rings. The second-order valence-corrected chi connectivity index (χ2v) is 6.96. The van der Waals surface area contributed by atoms with Crippen LogP contribution < -0.4 is 10.5 Å². The lowest BCUT2D eigenvalue weighted by atomic mass is 10.1. The molecule has 7 nitrogen and oxygen atoms in total. The number of para-hydroxylation sites is 1. The average molecular weight is 416 g/mol. The zero-order chi connectivity index (χ0) is 21.5. The summed E-state index contributed by atoms with van der Waals surface area (Å²) in [7, 11) is 3.40. The molecule has 4 rings (SSSR count). The molecule has 30 heavy (non-hydrogen) atoms. The average Bonchev–Trinajstić information content (AvgIpc) is 3.12. The molecule has 156 valence electrons. The second kappa shape index (κ2) is 7.45. The third kappa shape index (κ3) is 3.73. The first-order valence-corrected chi connectivity index (χ1v) is 9.09. The fourth-order valence-corrected chi connectivity index (χ4v) is 3.31. The summed E-state index contributed by atoms with van der Waals surface area (Å²) >= 11 is 0. The van der Waals surface area contributed by atoms with Crippen molar-refractivity contribution < 1.29 is 17.9 Å². The summed E-state index contributed by atoms with van der Waals surface area (Å²) < 4.78 is 44.9. The maximum atomic E-state index is 12.7. The van der Waals surface area contributed by atoms with Crippen LogP contribution in [0.2, 0.25) is 0 Å². The number of ether oxygens (including phenoxy) is 1. The third-order valence-electron chi connectivity index (χ3n) is 4.70. The highest BCUT2D eigenvalue weighted by Crippen LogP contribution is 2.29. The highest BCUT2D eigenvalue weighted by Gasteiger charge is 2.29. The molecule has 0 unspecified atom stereocenters. The Balaban J connectivity index is 1.58. The first-order chi connectivity index (χ1) is 14.3. The third-order valence-corrected chi connectivity index (χ3v) is 4.70. The molecule has 2 aromatic heterocycles. The van der Waals surface area contributed by atoms with Gasteiger partial charge in [-0.2, -0.15) is 17.7 Å². The number of aromatic nitrogens is 4. The Morgan fingerprint density at radius 2 is 1.80 bits per heavy atom. The van der Waals surface area contributed by atoms with Gasteiger partial charge in [0.2, 0.25) is 5.95 Å². The number of nitrogens with two attached hydrogens (primary N) is 1. The Morgan fingerprint density at radius 1 is 1.07 bits per heavy atom. The van der Waals surface area contributed by atoms with E-state index in [9.17, 15) is 13.2 Å². The number of anilines is 1. The molecule has 0 aliphatic rings. The minimum Gasteiger partial charge on any atom is -0.494 e. The summed E-state index contributed by atoms with van der Waals surface area (Å²) in [6.45, 7) is 0.823. The van der Waals surface area contributed by atoms with E-state index >= 15 is 0 Å². The Kier molecular flexibility index (Phi) is 4.94. The van der Waals surface area contributed by atoms with E-state index in [1.807, 2.05) is 24.1 Å². The van der Waals surface area contributed by atoms with Crippen molar-refractivity contribution in [3.05, 3.63) is 59.4 Å². The molecule has 0 amide bonds. The fraction of sp³-hybridized carbons (Fsp3) is 0.250. The fourth-order valence-electron chi connectivity index (χ4n) is 3.31. The highest BCUT2D eigenvalue weighted by atomic mass is 19.4. The number of rotatable bonds is 5. The van der Waals surface area contributed by atoms with Gasteiger partial charge in [-0.3, -0.25) is 4.90 Å². The van der Waals surface area contributed by atoms with Crippen LogP contribution in [0.5, 0.6) is 5.75 Å². The van der Waals surface area contributed by atoms with Crippen LogP contribution in [0, 0.1) is 0 Å². The Morgan fingerprint density at radius 3 is 2.47 bits per heavy atom. The molecule has 0 saturated carbocycles. The largest absolute Gasteiger partial charge is 0.494 e. The molecular formula is C20H19F3N6O. The molecule has 0 spiro atoms. The van der Waals surface area contributed by atoms with Gasteiger partial charge in [0.25, 0.3) is 0 Å². The van der Waals surface area contributed by atoms with Gasteiger partial charge in [-0.1, -0.05) is 18.2 Å². The number of benzene rings is 2. The van der Waals surface area contributed by atoms with Crippen LogP contribution in [0.1, 0.15) is 17.0 Å². The first-order valence-electron chi connectivity index (χ1n) is 9.09. The summed E-state index contributed by atoms with van der Waals surface area (Å²) in [4.78, 5) is 10.9. The monoisotopic (exact) mass is 416 g/mol. The maximum absolute atomic E-state index is 12.7. The maximum Gasteiger partial charge on any atom is 0.416 e. The van der Waals surface area contributed by atoms with Crippen molar-refractivity contribution in [2.24, 2.45) is 0 Å². The van der Waals surface area contributed by atoms with Gasteiger partial charge < -0.3 is 10.5 Å². The molecule has 0 aliphatic carbocycles. The number of hydrogen-bond acceptors (Lipinski definition) is 6. The second-order valence-electron chi connectivity index (χ2n) is 6.96. The van der Waals surface area contributed by atoms with Crippen LogP contribution in [0.15, 0.2) is 42.5 Å². The molecule has 0 atom stereocenters. The van der Waals surface area contributed by atoms with E-state index in [4.69, 9.17) is 10.5 Å². The summed E-state index contributed by atoms with van der Waals surface area (Å²) in [6.07, 6.45) is -4.34. The van der Waals surface area contributed by atoms with E-state index < -0.39 is 11.7 Å². The quantitative estimate of drug-likeness (QED) is 0.536. The topological polar surface area (TPSA) is 81.6 Å². The minimum atomic E-state index is -4.34. The smallest absolute Gasteiger partial charge is 0.416 e.